The number of carboxylic acids is 1. The summed E-state index contributed by atoms with van der Waals surface area (Å²) in [5.41, 5.74) is 1.03. The Balaban J connectivity index is 3.02. The zero-order valence-electron chi connectivity index (χ0n) is 11.3. The fourth-order valence-corrected chi connectivity index (χ4v) is 2.47. The normalized spacial score (nSPS) is 11.9. The second-order valence-electron chi connectivity index (χ2n) is 4.42. The van der Waals surface area contributed by atoms with Crippen LogP contribution in [0.1, 0.15) is 18.9 Å². The molecule has 7 heteroatoms. The summed E-state index contributed by atoms with van der Waals surface area (Å²) in [6, 6.07) is 4.72. The average molecular weight is 366 g/mol. The molecule has 0 heterocycles. The smallest absolute Gasteiger partial charge is 0.405 e. The molecule has 116 valence electrons. The Morgan fingerprint density at radius 2 is 2.10 bits per heavy atom. The maximum atomic E-state index is 12.6. The number of nitrogens with zero attached hydrogens (tertiary/aromatic N) is 1. The average Bonchev–Trinajstić information content (AvgIpc) is 2.34. The number of benzene rings is 1. The van der Waals surface area contributed by atoms with E-state index in [4.69, 9.17) is 5.11 Å². The summed E-state index contributed by atoms with van der Waals surface area (Å²) >= 11 is 3.24. The minimum atomic E-state index is -4.28. The van der Waals surface area contributed by atoms with E-state index in [0.29, 0.717) is 22.1 Å². The van der Waals surface area contributed by atoms with E-state index in [1.807, 2.05) is 0 Å². The van der Waals surface area contributed by atoms with Gasteiger partial charge < -0.3 is 10.0 Å². The van der Waals surface area contributed by atoms with E-state index >= 15 is 0 Å². The topological polar surface area (TPSA) is 40.5 Å². The molecule has 0 aliphatic carbocycles. The molecule has 0 fully saturated rings. The second kappa shape index (κ2) is 7.49. The van der Waals surface area contributed by atoms with Crippen LogP contribution < -0.4 is 4.90 Å². The van der Waals surface area contributed by atoms with E-state index in [9.17, 15) is 18.0 Å². The number of hydrogen-bond acceptors (Lipinski definition) is 2. The van der Waals surface area contributed by atoms with Gasteiger partial charge in [0.2, 0.25) is 0 Å². The summed E-state index contributed by atoms with van der Waals surface area (Å²) in [6.45, 7) is 1.06. The molecule has 1 N–H and O–H groups in total. The lowest BCUT2D eigenvalue weighted by Crippen LogP contribution is -2.35. The number of aliphatic carboxylic acids is 1. The highest BCUT2D eigenvalue weighted by molar-refractivity contribution is 9.10. The third kappa shape index (κ3) is 6.20. The van der Waals surface area contributed by atoms with Crippen LogP contribution in [-0.2, 0) is 4.79 Å². The van der Waals surface area contributed by atoms with E-state index < -0.39 is 18.7 Å². The van der Waals surface area contributed by atoms with Gasteiger partial charge in [0.05, 0.1) is 5.69 Å². The molecule has 0 aromatic heterocycles. The number of rotatable bonds is 6. The molecule has 0 aliphatic heterocycles. The summed E-state index contributed by atoms with van der Waals surface area (Å²) in [5, 5.41) is 8.55. The Hall–Kier alpha value is -1.50. The van der Waals surface area contributed by atoms with Gasteiger partial charge in [-0.3, -0.25) is 0 Å². The maximum Gasteiger partial charge on any atom is 0.405 e. The molecule has 0 radical (unpaired) electrons. The van der Waals surface area contributed by atoms with Gasteiger partial charge in [0.25, 0.3) is 0 Å². The first-order chi connectivity index (χ1) is 9.73. The van der Waals surface area contributed by atoms with Gasteiger partial charge in [-0.25, -0.2) is 4.79 Å². The standard InChI is InChI=1S/C14H15BrF3NO2/c1-2-7-19(9-14(16,17)18)12-5-3-10(8-11(12)15)4-6-13(20)21/h3-6,8H,2,7,9H2,1H3,(H,20,21)/b6-4+. The highest BCUT2D eigenvalue weighted by Crippen LogP contribution is 2.30. The van der Waals surface area contributed by atoms with E-state index in [1.165, 1.54) is 11.0 Å². The molecule has 1 rings (SSSR count). The SMILES string of the molecule is CCCN(CC(F)(F)F)c1ccc(/C=C/C(=O)O)cc1Br. The van der Waals surface area contributed by atoms with Gasteiger partial charge in [-0.05, 0) is 46.1 Å². The van der Waals surface area contributed by atoms with Crippen LogP contribution >= 0.6 is 15.9 Å². The Kier molecular flexibility index (Phi) is 6.26. The molecular formula is C14H15BrF3NO2. The maximum absolute atomic E-state index is 12.6. The van der Waals surface area contributed by atoms with Crippen LogP contribution in [0.2, 0.25) is 0 Å². The molecule has 1 aromatic carbocycles. The lowest BCUT2D eigenvalue weighted by molar-refractivity contribution is -0.131. The van der Waals surface area contributed by atoms with Crippen molar-refractivity contribution in [3.05, 3.63) is 34.3 Å². The van der Waals surface area contributed by atoms with Gasteiger partial charge >= 0.3 is 12.1 Å². The van der Waals surface area contributed by atoms with Crippen LogP contribution in [0.25, 0.3) is 6.08 Å². The largest absolute Gasteiger partial charge is 0.478 e. The molecule has 0 saturated carbocycles. The van der Waals surface area contributed by atoms with Crippen molar-refractivity contribution < 1.29 is 23.1 Å². The van der Waals surface area contributed by atoms with Crippen molar-refractivity contribution in [1.29, 1.82) is 0 Å². The van der Waals surface area contributed by atoms with E-state index in [0.717, 1.165) is 6.08 Å². The van der Waals surface area contributed by atoms with Crippen molar-refractivity contribution in [3.63, 3.8) is 0 Å². The first kappa shape index (κ1) is 17.6. The third-order valence-corrected chi connectivity index (χ3v) is 3.23. The zero-order chi connectivity index (χ0) is 16.0. The van der Waals surface area contributed by atoms with Gasteiger partial charge in [0, 0.05) is 17.1 Å². The number of carboxylic acid groups (broad SMARTS) is 1. The van der Waals surface area contributed by atoms with E-state index in [2.05, 4.69) is 15.9 Å². The monoisotopic (exact) mass is 365 g/mol. The molecular weight excluding hydrogens is 351 g/mol. The van der Waals surface area contributed by atoms with Crippen LogP contribution in [0.5, 0.6) is 0 Å². The highest BCUT2D eigenvalue weighted by atomic mass is 79.9. The fraction of sp³-hybridized carbons (Fsp3) is 0.357. The predicted octanol–water partition coefficient (Wildman–Crippen LogP) is 4.33. The zero-order valence-corrected chi connectivity index (χ0v) is 12.9. The minimum absolute atomic E-state index is 0.280. The molecule has 0 spiro atoms. The van der Waals surface area contributed by atoms with Gasteiger partial charge in [-0.2, -0.15) is 13.2 Å². The van der Waals surface area contributed by atoms with Gasteiger partial charge in [-0.1, -0.05) is 13.0 Å². The van der Waals surface area contributed by atoms with Crippen molar-refractivity contribution in [2.75, 3.05) is 18.0 Å². The van der Waals surface area contributed by atoms with Crippen molar-refractivity contribution in [3.8, 4) is 0 Å². The van der Waals surface area contributed by atoms with Crippen LogP contribution in [0.15, 0.2) is 28.7 Å². The van der Waals surface area contributed by atoms with Gasteiger partial charge in [0.1, 0.15) is 6.54 Å². The van der Waals surface area contributed by atoms with E-state index in [-0.39, 0.29) is 6.54 Å². The molecule has 0 bridgehead atoms. The minimum Gasteiger partial charge on any atom is -0.478 e. The van der Waals surface area contributed by atoms with Crippen LogP contribution in [0, 0.1) is 0 Å². The Morgan fingerprint density at radius 1 is 1.43 bits per heavy atom. The summed E-state index contributed by atoms with van der Waals surface area (Å²) in [6.07, 6.45) is -1.34. The van der Waals surface area contributed by atoms with Gasteiger partial charge in [-0.15, -0.1) is 0 Å². The molecule has 1 aromatic rings. The fourth-order valence-electron chi connectivity index (χ4n) is 1.82. The Bertz CT molecular complexity index is 529. The number of hydrogen-bond donors (Lipinski definition) is 1. The lowest BCUT2D eigenvalue weighted by atomic mass is 10.1. The summed E-state index contributed by atoms with van der Waals surface area (Å²) in [7, 11) is 0. The van der Waals surface area contributed by atoms with Crippen LogP contribution in [-0.4, -0.2) is 30.3 Å². The quantitative estimate of drug-likeness (QED) is 0.763. The summed E-state index contributed by atoms with van der Waals surface area (Å²) in [4.78, 5) is 11.7. The number of anilines is 1. The molecule has 0 atom stereocenters. The lowest BCUT2D eigenvalue weighted by Gasteiger charge is -2.26. The molecule has 21 heavy (non-hydrogen) atoms. The van der Waals surface area contributed by atoms with Crippen LogP contribution in [0.3, 0.4) is 0 Å². The number of alkyl halides is 3. The second-order valence-corrected chi connectivity index (χ2v) is 5.27. The summed E-state index contributed by atoms with van der Waals surface area (Å²) in [5.74, 6) is -1.08. The molecule has 0 saturated heterocycles. The molecule has 0 amide bonds. The highest BCUT2D eigenvalue weighted by Gasteiger charge is 2.31. The molecule has 0 unspecified atom stereocenters. The molecule has 3 nitrogen and oxygen atoms in total. The predicted molar refractivity (Wildman–Crippen MR) is 79.4 cm³/mol. The van der Waals surface area contributed by atoms with Crippen molar-refractivity contribution in [1.82, 2.24) is 0 Å². The van der Waals surface area contributed by atoms with Crippen molar-refractivity contribution in [2.24, 2.45) is 0 Å². The Labute approximate surface area is 129 Å². The Morgan fingerprint density at radius 3 is 2.57 bits per heavy atom. The van der Waals surface area contributed by atoms with E-state index in [1.54, 1.807) is 25.1 Å². The number of carbonyl (C=O) groups is 1. The first-order valence-electron chi connectivity index (χ1n) is 6.25. The number of halogens is 4. The van der Waals surface area contributed by atoms with Gasteiger partial charge in [0.15, 0.2) is 0 Å². The van der Waals surface area contributed by atoms with Crippen molar-refractivity contribution >= 4 is 33.7 Å². The first-order valence-corrected chi connectivity index (χ1v) is 7.04. The summed E-state index contributed by atoms with van der Waals surface area (Å²) < 4.78 is 38.3. The molecule has 0 aliphatic rings. The third-order valence-electron chi connectivity index (χ3n) is 2.59. The van der Waals surface area contributed by atoms with Crippen molar-refractivity contribution in [2.45, 2.75) is 19.5 Å². The van der Waals surface area contributed by atoms with Crippen LogP contribution in [0.4, 0.5) is 18.9 Å².